The molecule has 4 rings (SSSR count). The summed E-state index contributed by atoms with van der Waals surface area (Å²) in [5.41, 5.74) is 2.27. The van der Waals surface area contributed by atoms with Crippen LogP contribution in [0.3, 0.4) is 0 Å². The van der Waals surface area contributed by atoms with Crippen LogP contribution in [-0.2, 0) is 30.2 Å². The summed E-state index contributed by atoms with van der Waals surface area (Å²) in [7, 11) is 4.23. The van der Waals surface area contributed by atoms with Crippen molar-refractivity contribution in [2.24, 2.45) is 14.1 Å². The minimum Gasteiger partial charge on any atom is -0.465 e. The van der Waals surface area contributed by atoms with Gasteiger partial charge < -0.3 is 14.6 Å². The predicted octanol–water partition coefficient (Wildman–Crippen LogP) is 1.53. The van der Waals surface area contributed by atoms with Crippen molar-refractivity contribution in [2.75, 3.05) is 12.4 Å². The molecular formula is C23H21N5O5. The Balaban J connectivity index is 1.49. The summed E-state index contributed by atoms with van der Waals surface area (Å²) < 4.78 is 8.37. The van der Waals surface area contributed by atoms with Crippen molar-refractivity contribution >= 4 is 28.7 Å². The SMILES string of the molecule is COC(=O)c1ccc(-c2ccc(NC(=O)Cn3cnc4c3c(=O)n(C)c(=O)n4C)cc2)cc1. The van der Waals surface area contributed by atoms with E-state index in [1.165, 1.54) is 36.7 Å². The van der Waals surface area contributed by atoms with Crippen molar-refractivity contribution in [2.45, 2.75) is 6.54 Å². The van der Waals surface area contributed by atoms with E-state index in [4.69, 9.17) is 4.74 Å². The third kappa shape index (κ3) is 4.05. The van der Waals surface area contributed by atoms with E-state index in [1.54, 1.807) is 24.3 Å². The summed E-state index contributed by atoms with van der Waals surface area (Å²) in [6.45, 7) is -0.138. The number of esters is 1. The van der Waals surface area contributed by atoms with Crippen LogP contribution in [0.4, 0.5) is 5.69 Å². The molecule has 10 heteroatoms. The Morgan fingerprint density at radius 2 is 1.55 bits per heavy atom. The van der Waals surface area contributed by atoms with Crippen molar-refractivity contribution in [3.8, 4) is 11.1 Å². The van der Waals surface area contributed by atoms with Gasteiger partial charge in [-0.3, -0.25) is 18.7 Å². The van der Waals surface area contributed by atoms with Crippen LogP contribution in [0.25, 0.3) is 22.3 Å². The van der Waals surface area contributed by atoms with Crippen molar-refractivity contribution in [1.82, 2.24) is 18.7 Å². The number of imidazole rings is 1. The predicted molar refractivity (Wildman–Crippen MR) is 122 cm³/mol. The summed E-state index contributed by atoms with van der Waals surface area (Å²) in [6, 6.07) is 14.2. The minimum atomic E-state index is -0.513. The maximum absolute atomic E-state index is 12.6. The summed E-state index contributed by atoms with van der Waals surface area (Å²) in [6.07, 6.45) is 1.37. The first-order valence-electron chi connectivity index (χ1n) is 9.99. The Morgan fingerprint density at radius 3 is 2.15 bits per heavy atom. The Kier molecular flexibility index (Phi) is 5.65. The van der Waals surface area contributed by atoms with Crippen molar-refractivity contribution in [3.63, 3.8) is 0 Å². The van der Waals surface area contributed by atoms with E-state index in [0.29, 0.717) is 11.3 Å². The molecular weight excluding hydrogens is 426 g/mol. The molecule has 0 fully saturated rings. The Hall–Kier alpha value is -4.47. The first-order valence-corrected chi connectivity index (χ1v) is 9.99. The number of ether oxygens (including phenoxy) is 1. The van der Waals surface area contributed by atoms with Crippen LogP contribution in [0.15, 0.2) is 64.4 Å². The topological polar surface area (TPSA) is 117 Å². The van der Waals surface area contributed by atoms with Crippen LogP contribution in [0, 0.1) is 0 Å². The third-order valence-corrected chi connectivity index (χ3v) is 5.34. The average Bonchev–Trinajstić information content (AvgIpc) is 3.25. The number of amides is 1. The second-order valence-electron chi connectivity index (χ2n) is 7.44. The van der Waals surface area contributed by atoms with Gasteiger partial charge in [0.2, 0.25) is 5.91 Å². The van der Waals surface area contributed by atoms with Gasteiger partial charge in [-0.15, -0.1) is 0 Å². The zero-order valence-electron chi connectivity index (χ0n) is 18.2. The number of anilines is 1. The summed E-state index contributed by atoms with van der Waals surface area (Å²) >= 11 is 0. The number of methoxy groups -OCH3 is 1. The van der Waals surface area contributed by atoms with Crippen LogP contribution >= 0.6 is 0 Å². The molecule has 0 aliphatic carbocycles. The standard InChI is InChI=1S/C23H21N5O5/c1-26-20-19(21(30)27(2)23(26)32)28(13-24-20)12-18(29)25-17-10-8-15(9-11-17)14-4-6-16(7-5-14)22(31)33-3/h4-11,13H,12H2,1-3H3,(H,25,29). The number of nitrogens with zero attached hydrogens (tertiary/aromatic N) is 4. The number of nitrogens with one attached hydrogen (secondary N) is 1. The minimum absolute atomic E-state index is 0.138. The molecule has 0 saturated heterocycles. The van der Waals surface area contributed by atoms with Gasteiger partial charge in [0.1, 0.15) is 6.54 Å². The molecule has 0 unspecified atom stereocenters. The molecule has 1 N–H and O–H groups in total. The summed E-state index contributed by atoms with van der Waals surface area (Å²) in [4.78, 5) is 52.8. The van der Waals surface area contributed by atoms with Crippen molar-refractivity contribution in [3.05, 3.63) is 81.3 Å². The first kappa shape index (κ1) is 21.8. The maximum atomic E-state index is 12.6. The van der Waals surface area contributed by atoms with Crippen LogP contribution in [-0.4, -0.2) is 37.7 Å². The monoisotopic (exact) mass is 447 g/mol. The molecule has 0 aliphatic rings. The molecule has 0 bridgehead atoms. The number of carbonyl (C=O) groups is 2. The fraction of sp³-hybridized carbons (Fsp3) is 0.174. The largest absolute Gasteiger partial charge is 0.465 e. The Bertz CT molecular complexity index is 1480. The van der Waals surface area contributed by atoms with Gasteiger partial charge in [-0.05, 0) is 35.4 Å². The van der Waals surface area contributed by atoms with Crippen LogP contribution in [0.1, 0.15) is 10.4 Å². The fourth-order valence-electron chi connectivity index (χ4n) is 3.53. The zero-order chi connectivity index (χ0) is 23.7. The highest BCUT2D eigenvalue weighted by atomic mass is 16.5. The van der Waals surface area contributed by atoms with Crippen LogP contribution in [0.2, 0.25) is 0 Å². The number of rotatable bonds is 5. The molecule has 2 aromatic carbocycles. The normalized spacial score (nSPS) is 10.9. The number of hydrogen-bond donors (Lipinski definition) is 1. The van der Waals surface area contributed by atoms with E-state index in [0.717, 1.165) is 15.7 Å². The molecule has 168 valence electrons. The number of aromatic nitrogens is 4. The van der Waals surface area contributed by atoms with Crippen molar-refractivity contribution < 1.29 is 14.3 Å². The number of hydrogen-bond acceptors (Lipinski definition) is 6. The highest BCUT2D eigenvalue weighted by Gasteiger charge is 2.16. The molecule has 1 amide bonds. The van der Waals surface area contributed by atoms with E-state index in [1.807, 2.05) is 24.3 Å². The molecule has 0 spiro atoms. The van der Waals surface area contributed by atoms with E-state index in [9.17, 15) is 19.2 Å². The van der Waals surface area contributed by atoms with Crippen LogP contribution in [0.5, 0.6) is 0 Å². The van der Waals surface area contributed by atoms with Gasteiger partial charge in [0.15, 0.2) is 11.2 Å². The quantitative estimate of drug-likeness (QED) is 0.464. The molecule has 0 saturated carbocycles. The molecule has 2 aromatic heterocycles. The van der Waals surface area contributed by atoms with Crippen molar-refractivity contribution in [1.29, 1.82) is 0 Å². The molecule has 0 atom stereocenters. The van der Waals surface area contributed by atoms with E-state index >= 15 is 0 Å². The Morgan fingerprint density at radius 1 is 0.939 bits per heavy atom. The summed E-state index contributed by atoms with van der Waals surface area (Å²) in [5, 5.41) is 2.79. The smallest absolute Gasteiger partial charge is 0.337 e. The molecule has 4 aromatic rings. The lowest BCUT2D eigenvalue weighted by molar-refractivity contribution is -0.116. The van der Waals surface area contributed by atoms with E-state index in [2.05, 4.69) is 10.3 Å². The van der Waals surface area contributed by atoms with Gasteiger partial charge in [-0.1, -0.05) is 24.3 Å². The van der Waals surface area contributed by atoms with Gasteiger partial charge in [-0.25, -0.2) is 14.6 Å². The van der Waals surface area contributed by atoms with Gasteiger partial charge in [0, 0.05) is 19.8 Å². The van der Waals surface area contributed by atoms with Crippen LogP contribution < -0.4 is 16.6 Å². The molecule has 0 aliphatic heterocycles. The number of benzene rings is 2. The summed E-state index contributed by atoms with van der Waals surface area (Å²) in [5.74, 6) is -0.745. The second kappa shape index (κ2) is 8.58. The highest BCUT2D eigenvalue weighted by Crippen LogP contribution is 2.22. The number of aryl methyl sites for hydroxylation is 1. The molecule has 0 radical (unpaired) electrons. The lowest BCUT2D eigenvalue weighted by atomic mass is 10.0. The average molecular weight is 447 g/mol. The van der Waals surface area contributed by atoms with Gasteiger partial charge in [0.25, 0.3) is 5.56 Å². The first-order chi connectivity index (χ1) is 15.8. The number of carbonyl (C=O) groups excluding carboxylic acids is 2. The molecule has 2 heterocycles. The van der Waals surface area contributed by atoms with E-state index in [-0.39, 0.29) is 23.6 Å². The molecule has 10 nitrogen and oxygen atoms in total. The van der Waals surface area contributed by atoms with Gasteiger partial charge in [0.05, 0.1) is 19.0 Å². The Labute approximate surface area is 187 Å². The fourth-order valence-corrected chi connectivity index (χ4v) is 3.53. The highest BCUT2D eigenvalue weighted by molar-refractivity contribution is 5.92. The zero-order valence-corrected chi connectivity index (χ0v) is 18.2. The molecule has 33 heavy (non-hydrogen) atoms. The lowest BCUT2D eigenvalue weighted by Crippen LogP contribution is -2.37. The second-order valence-corrected chi connectivity index (χ2v) is 7.44. The third-order valence-electron chi connectivity index (χ3n) is 5.34. The van der Waals surface area contributed by atoms with Gasteiger partial charge in [-0.2, -0.15) is 0 Å². The maximum Gasteiger partial charge on any atom is 0.337 e. The van der Waals surface area contributed by atoms with E-state index < -0.39 is 17.2 Å². The van der Waals surface area contributed by atoms with Gasteiger partial charge >= 0.3 is 11.7 Å². The lowest BCUT2D eigenvalue weighted by Gasteiger charge is -2.09. The number of fused-ring (bicyclic) bond motifs is 1.